The second kappa shape index (κ2) is 10.9. The number of benzene rings is 2. The van der Waals surface area contributed by atoms with E-state index in [0.29, 0.717) is 30.2 Å². The molecule has 1 aliphatic rings. The molecule has 8 nitrogen and oxygen atoms in total. The molecule has 0 bridgehead atoms. The molecule has 2 N–H and O–H groups in total. The first-order valence-electron chi connectivity index (χ1n) is 12.6. The number of pyridine rings is 1. The summed E-state index contributed by atoms with van der Waals surface area (Å²) in [5, 5.41) is 6.65. The molecular weight excluding hydrogens is 509 g/mol. The van der Waals surface area contributed by atoms with Gasteiger partial charge in [-0.05, 0) is 54.8 Å². The van der Waals surface area contributed by atoms with Crippen LogP contribution in [0.2, 0.25) is 0 Å². The van der Waals surface area contributed by atoms with E-state index in [1.165, 1.54) is 18.5 Å². The van der Waals surface area contributed by atoms with Crippen LogP contribution in [0.5, 0.6) is 0 Å². The van der Waals surface area contributed by atoms with Crippen molar-refractivity contribution < 1.29 is 22.7 Å². The predicted octanol–water partition coefficient (Wildman–Crippen LogP) is 5.75. The minimum Gasteiger partial charge on any atom is -0.378 e. The quantitative estimate of drug-likeness (QED) is 0.324. The van der Waals surface area contributed by atoms with Gasteiger partial charge >= 0.3 is 6.18 Å². The zero-order valence-electron chi connectivity index (χ0n) is 21.5. The molecule has 4 aromatic rings. The molecular formula is C28H27F3N6O2. The van der Waals surface area contributed by atoms with Crippen molar-refractivity contribution in [3.05, 3.63) is 77.2 Å². The normalized spacial score (nSPS) is 13.9. The second-order valence-electron chi connectivity index (χ2n) is 9.21. The highest BCUT2D eigenvalue weighted by molar-refractivity contribution is 6.05. The van der Waals surface area contributed by atoms with Crippen molar-refractivity contribution in [3.63, 3.8) is 0 Å². The van der Waals surface area contributed by atoms with Crippen LogP contribution in [0.3, 0.4) is 0 Å². The standard InChI is InChI=1S/C28H27F3N6O2/c1-3-18-6-7-20(13-22(18)28(29,30)31)35-27(38)19-5-4-17(2)23(12-19)36-26-21-14-25(37-8-10-39-11-9-37)32-15-24(21)33-16-34-26/h4-7,12-16H,3,8-11H2,1-2H3,(H,35,38)(H,33,34,36). The Morgan fingerprint density at radius 1 is 1.05 bits per heavy atom. The van der Waals surface area contributed by atoms with Crippen LogP contribution in [-0.4, -0.2) is 47.2 Å². The zero-order chi connectivity index (χ0) is 27.6. The molecule has 1 amide bonds. The number of nitrogens with one attached hydrogen (secondary N) is 2. The van der Waals surface area contributed by atoms with Crippen molar-refractivity contribution in [2.45, 2.75) is 26.4 Å². The Bertz CT molecular complexity index is 1520. The molecule has 39 heavy (non-hydrogen) atoms. The summed E-state index contributed by atoms with van der Waals surface area (Å²) < 4.78 is 45.9. The summed E-state index contributed by atoms with van der Waals surface area (Å²) >= 11 is 0. The van der Waals surface area contributed by atoms with Gasteiger partial charge in [-0.15, -0.1) is 0 Å². The van der Waals surface area contributed by atoms with Gasteiger partial charge in [0.05, 0.1) is 30.5 Å². The topological polar surface area (TPSA) is 92.3 Å². The van der Waals surface area contributed by atoms with Crippen molar-refractivity contribution in [2.75, 3.05) is 41.8 Å². The molecule has 5 rings (SSSR count). The number of aryl methyl sites for hydroxylation is 2. The average molecular weight is 537 g/mol. The van der Waals surface area contributed by atoms with E-state index in [4.69, 9.17) is 4.74 Å². The molecule has 2 aromatic carbocycles. The van der Waals surface area contributed by atoms with Crippen molar-refractivity contribution >= 4 is 39.8 Å². The molecule has 0 radical (unpaired) electrons. The molecule has 0 unspecified atom stereocenters. The number of halogens is 3. The second-order valence-corrected chi connectivity index (χ2v) is 9.21. The van der Waals surface area contributed by atoms with Gasteiger partial charge in [0.2, 0.25) is 0 Å². The molecule has 1 fully saturated rings. The Morgan fingerprint density at radius 3 is 2.59 bits per heavy atom. The number of morpholine rings is 1. The maximum absolute atomic E-state index is 13.5. The van der Waals surface area contributed by atoms with Crippen LogP contribution in [0.25, 0.3) is 10.9 Å². The fraction of sp³-hybridized carbons (Fsp3) is 0.286. The Labute approximate surface area is 223 Å². The highest BCUT2D eigenvalue weighted by Crippen LogP contribution is 2.34. The van der Waals surface area contributed by atoms with E-state index in [9.17, 15) is 18.0 Å². The molecule has 1 saturated heterocycles. The first-order valence-corrected chi connectivity index (χ1v) is 12.6. The number of alkyl halides is 3. The largest absolute Gasteiger partial charge is 0.416 e. The van der Waals surface area contributed by atoms with E-state index in [0.717, 1.165) is 35.9 Å². The van der Waals surface area contributed by atoms with E-state index in [2.05, 4.69) is 30.5 Å². The summed E-state index contributed by atoms with van der Waals surface area (Å²) in [6, 6.07) is 10.8. The fourth-order valence-corrected chi connectivity index (χ4v) is 4.47. The van der Waals surface area contributed by atoms with Gasteiger partial charge < -0.3 is 20.3 Å². The number of aromatic nitrogens is 3. The van der Waals surface area contributed by atoms with E-state index < -0.39 is 17.6 Å². The maximum Gasteiger partial charge on any atom is 0.416 e. The molecule has 0 spiro atoms. The monoisotopic (exact) mass is 536 g/mol. The summed E-state index contributed by atoms with van der Waals surface area (Å²) in [7, 11) is 0. The highest BCUT2D eigenvalue weighted by atomic mass is 19.4. The molecule has 0 atom stereocenters. The number of hydrogen-bond acceptors (Lipinski definition) is 7. The molecule has 3 heterocycles. The van der Waals surface area contributed by atoms with Gasteiger partial charge in [0.25, 0.3) is 5.91 Å². The zero-order valence-corrected chi connectivity index (χ0v) is 21.5. The lowest BCUT2D eigenvalue weighted by Crippen LogP contribution is -2.36. The summed E-state index contributed by atoms with van der Waals surface area (Å²) in [5.41, 5.74) is 1.92. The number of rotatable bonds is 6. The number of carbonyl (C=O) groups is 1. The van der Waals surface area contributed by atoms with Crippen LogP contribution in [-0.2, 0) is 17.3 Å². The van der Waals surface area contributed by atoms with Crippen LogP contribution in [0, 0.1) is 6.92 Å². The maximum atomic E-state index is 13.5. The minimum absolute atomic E-state index is 0.0737. The molecule has 1 aliphatic heterocycles. The van der Waals surface area contributed by atoms with Crippen LogP contribution in [0.15, 0.2) is 55.0 Å². The summed E-state index contributed by atoms with van der Waals surface area (Å²) in [4.78, 5) is 28.4. The number of hydrogen-bond donors (Lipinski definition) is 2. The molecule has 202 valence electrons. The third-order valence-corrected chi connectivity index (χ3v) is 6.65. The van der Waals surface area contributed by atoms with Crippen molar-refractivity contribution in [1.82, 2.24) is 15.0 Å². The first-order chi connectivity index (χ1) is 18.7. The molecule has 0 saturated carbocycles. The number of amides is 1. The summed E-state index contributed by atoms with van der Waals surface area (Å²) in [6.45, 7) is 6.26. The van der Waals surface area contributed by atoms with E-state index >= 15 is 0 Å². The number of ether oxygens (including phenoxy) is 1. The van der Waals surface area contributed by atoms with Gasteiger partial charge in [-0.1, -0.05) is 19.1 Å². The van der Waals surface area contributed by atoms with Crippen molar-refractivity contribution in [1.29, 1.82) is 0 Å². The molecule has 2 aromatic heterocycles. The lowest BCUT2D eigenvalue weighted by molar-refractivity contribution is -0.138. The first kappa shape index (κ1) is 26.4. The van der Waals surface area contributed by atoms with E-state index in [-0.39, 0.29) is 23.2 Å². The SMILES string of the molecule is CCc1ccc(NC(=O)c2ccc(C)c(Nc3ncnc4cnc(N5CCOCC5)cc34)c2)cc1C(F)(F)F. The van der Waals surface area contributed by atoms with Gasteiger partial charge in [-0.3, -0.25) is 4.79 Å². The summed E-state index contributed by atoms with van der Waals surface area (Å²) in [5.74, 6) is 0.810. The van der Waals surface area contributed by atoms with Crippen LogP contribution in [0.1, 0.15) is 34.0 Å². The number of carbonyl (C=O) groups excluding carboxylic acids is 1. The Balaban J connectivity index is 1.41. The van der Waals surface area contributed by atoms with E-state index in [1.54, 1.807) is 31.3 Å². The molecule has 0 aliphatic carbocycles. The smallest absolute Gasteiger partial charge is 0.378 e. The lowest BCUT2D eigenvalue weighted by atomic mass is 10.0. The van der Waals surface area contributed by atoms with Crippen LogP contribution < -0.4 is 15.5 Å². The third kappa shape index (κ3) is 5.78. The summed E-state index contributed by atoms with van der Waals surface area (Å²) in [6.07, 6.45) is -1.14. The van der Waals surface area contributed by atoms with Gasteiger partial charge in [0.1, 0.15) is 18.0 Å². The fourth-order valence-electron chi connectivity index (χ4n) is 4.47. The highest BCUT2D eigenvalue weighted by Gasteiger charge is 2.33. The number of nitrogens with zero attached hydrogens (tertiary/aromatic N) is 4. The van der Waals surface area contributed by atoms with E-state index in [1.807, 2.05) is 13.0 Å². The van der Waals surface area contributed by atoms with Gasteiger partial charge in [-0.2, -0.15) is 13.2 Å². The predicted molar refractivity (Wildman–Crippen MR) is 144 cm³/mol. The van der Waals surface area contributed by atoms with Crippen molar-refractivity contribution in [2.24, 2.45) is 0 Å². The third-order valence-electron chi connectivity index (χ3n) is 6.65. The average Bonchev–Trinajstić information content (AvgIpc) is 2.94. The number of fused-ring (bicyclic) bond motifs is 1. The Kier molecular flexibility index (Phi) is 7.34. The number of anilines is 4. The lowest BCUT2D eigenvalue weighted by Gasteiger charge is -2.28. The van der Waals surface area contributed by atoms with Crippen LogP contribution >= 0.6 is 0 Å². The molecule has 11 heteroatoms. The van der Waals surface area contributed by atoms with Gasteiger partial charge in [-0.25, -0.2) is 15.0 Å². The van der Waals surface area contributed by atoms with Crippen LogP contribution in [0.4, 0.5) is 36.2 Å². The van der Waals surface area contributed by atoms with Crippen molar-refractivity contribution in [3.8, 4) is 0 Å². The minimum atomic E-state index is -4.51. The Morgan fingerprint density at radius 2 is 1.85 bits per heavy atom. The Hall–Kier alpha value is -4.25. The van der Waals surface area contributed by atoms with Gasteiger partial charge in [0.15, 0.2) is 0 Å². The van der Waals surface area contributed by atoms with Gasteiger partial charge in [0, 0.05) is 35.4 Å².